The molecule has 1 N–H and O–H groups in total. The average Bonchev–Trinajstić information content (AvgIpc) is 2.91. The van der Waals surface area contributed by atoms with Crippen molar-refractivity contribution < 1.29 is 22.8 Å². The first-order valence-electron chi connectivity index (χ1n) is 15.3. The van der Waals surface area contributed by atoms with Crippen LogP contribution in [0.25, 0.3) is 0 Å². The molecule has 0 bridgehead atoms. The average molecular weight is 557 g/mol. The number of hydrogen-bond acceptors (Lipinski definition) is 9. The van der Waals surface area contributed by atoms with Gasteiger partial charge in [-0.25, -0.2) is 0 Å². The van der Waals surface area contributed by atoms with Gasteiger partial charge in [-0.05, 0) is 40.0 Å². The third-order valence-electron chi connectivity index (χ3n) is 6.23. The molecule has 0 amide bonds. The van der Waals surface area contributed by atoms with Crippen molar-refractivity contribution in [1.29, 1.82) is 0 Å². The van der Waals surface area contributed by atoms with E-state index in [1.165, 1.54) is 51.4 Å². The molecule has 222 valence electrons. The Hall–Kier alpha value is -1.49. The molecule has 10 heteroatoms. The maximum Gasteiger partial charge on any atom is 0.524 e. The Morgan fingerprint density at radius 2 is 1.00 bits per heavy atom. The number of hydrogen-bond donors (Lipinski definition) is 1. The summed E-state index contributed by atoms with van der Waals surface area (Å²) >= 11 is 0. The molecule has 1 heterocycles. The van der Waals surface area contributed by atoms with Crippen molar-refractivity contribution >= 4 is 14.8 Å². The zero-order chi connectivity index (χ0) is 27.9. The van der Waals surface area contributed by atoms with E-state index in [4.69, 9.17) is 22.8 Å². The molecule has 0 saturated carbocycles. The van der Waals surface area contributed by atoms with E-state index in [2.05, 4.69) is 41.0 Å². The Morgan fingerprint density at radius 3 is 1.39 bits per heavy atom. The van der Waals surface area contributed by atoms with Gasteiger partial charge in [-0.2, -0.15) is 9.97 Å². The number of aromatic nitrogens is 3. The largest absolute Gasteiger partial charge is 0.524 e. The molecule has 0 aromatic carbocycles. The van der Waals surface area contributed by atoms with Crippen molar-refractivity contribution in [3.05, 3.63) is 0 Å². The summed E-state index contributed by atoms with van der Waals surface area (Å²) in [7, 11) is -3.03. The number of nitrogens with one attached hydrogen (secondary N) is 1. The number of unbranched alkanes of at least 4 members (excludes halogenated alkanes) is 10. The predicted molar refractivity (Wildman–Crippen MR) is 156 cm³/mol. The molecule has 1 aromatic rings. The summed E-state index contributed by atoms with van der Waals surface area (Å²) in [4.78, 5) is 13.6. The summed E-state index contributed by atoms with van der Waals surface area (Å²) in [6.07, 6.45) is 15.0. The minimum atomic E-state index is -3.03. The summed E-state index contributed by atoms with van der Waals surface area (Å²) in [5.74, 6) is 0.388. The minimum Gasteiger partial charge on any atom is -0.463 e. The molecule has 0 radical (unpaired) electrons. The van der Waals surface area contributed by atoms with E-state index in [-0.39, 0.29) is 17.7 Å². The van der Waals surface area contributed by atoms with Gasteiger partial charge in [0.1, 0.15) is 0 Å². The summed E-state index contributed by atoms with van der Waals surface area (Å²) in [6, 6.07) is 0.556. The van der Waals surface area contributed by atoms with Crippen LogP contribution in [0.4, 0.5) is 5.95 Å². The van der Waals surface area contributed by atoms with E-state index in [0.717, 1.165) is 32.1 Å². The first-order valence-corrected chi connectivity index (χ1v) is 17.1. The van der Waals surface area contributed by atoms with Gasteiger partial charge in [-0.15, -0.1) is 4.98 Å². The van der Waals surface area contributed by atoms with Crippen molar-refractivity contribution in [2.24, 2.45) is 0 Å². The van der Waals surface area contributed by atoms with Crippen LogP contribution in [0, 0.1) is 0 Å². The highest BCUT2D eigenvalue weighted by Crippen LogP contribution is 2.23. The summed E-state index contributed by atoms with van der Waals surface area (Å²) in [5, 5.41) is 3.42. The highest BCUT2D eigenvalue weighted by Gasteiger charge is 2.49. The van der Waals surface area contributed by atoms with Crippen LogP contribution in [-0.4, -0.2) is 62.5 Å². The second-order valence-corrected chi connectivity index (χ2v) is 12.2. The van der Waals surface area contributed by atoms with Gasteiger partial charge in [0.15, 0.2) is 0 Å². The van der Waals surface area contributed by atoms with Gasteiger partial charge in [0, 0.05) is 19.8 Å². The highest BCUT2D eigenvalue weighted by molar-refractivity contribution is 6.63. The topological polar surface area (TPSA) is 96.9 Å². The molecule has 1 aromatic heterocycles. The Balaban J connectivity index is 2.94. The number of nitrogens with zero attached hydrogens (tertiary/aromatic N) is 3. The molecule has 0 spiro atoms. The standard InChI is InChI=1S/C28H56N4O5Si/c1-7-13-15-17-19-21-23-33-27-30-26(31-28(32-27)34-24-22-20-18-16-14-8-2)29-25(9-3)38(35-10-4,36-11-5)37-12-6/h25H,7-24H2,1-6H3,(H,29,30,31,32). The van der Waals surface area contributed by atoms with Crippen molar-refractivity contribution in [2.75, 3.05) is 38.4 Å². The van der Waals surface area contributed by atoms with Crippen LogP contribution in [0.5, 0.6) is 12.0 Å². The Bertz CT molecular complexity index is 648. The number of rotatable bonds is 26. The molecule has 9 nitrogen and oxygen atoms in total. The van der Waals surface area contributed by atoms with Crippen molar-refractivity contribution in [3.8, 4) is 12.0 Å². The molecule has 0 aliphatic carbocycles. The normalized spacial score (nSPS) is 12.5. The maximum atomic E-state index is 6.13. The Kier molecular flexibility index (Phi) is 20.3. The van der Waals surface area contributed by atoms with E-state index < -0.39 is 8.80 Å². The summed E-state index contributed by atoms with van der Waals surface area (Å²) in [5.41, 5.74) is -0.220. The lowest BCUT2D eigenvalue weighted by atomic mass is 10.1. The SMILES string of the molecule is CCCCCCCCOc1nc(NC(CC)[Si](OCC)(OCC)OCC)nc(OCCCCCCCC)n1. The second kappa shape index (κ2) is 22.3. The second-order valence-electron chi connectivity index (χ2n) is 9.46. The van der Waals surface area contributed by atoms with E-state index >= 15 is 0 Å². The molecule has 0 aliphatic heterocycles. The monoisotopic (exact) mass is 556 g/mol. The number of anilines is 1. The van der Waals surface area contributed by atoms with Crippen LogP contribution in [0.1, 0.15) is 125 Å². The fourth-order valence-electron chi connectivity index (χ4n) is 4.25. The van der Waals surface area contributed by atoms with E-state index in [0.29, 0.717) is 39.0 Å². The third-order valence-corrected chi connectivity index (χ3v) is 9.71. The molecule has 38 heavy (non-hydrogen) atoms. The van der Waals surface area contributed by atoms with Gasteiger partial charge < -0.3 is 28.1 Å². The summed E-state index contributed by atoms with van der Waals surface area (Å²) < 4.78 is 30.3. The van der Waals surface area contributed by atoms with Crippen LogP contribution >= 0.6 is 0 Å². The zero-order valence-corrected chi connectivity index (χ0v) is 26.2. The maximum absolute atomic E-state index is 6.13. The first kappa shape index (κ1) is 34.5. The molecule has 1 rings (SSSR count). The van der Waals surface area contributed by atoms with Crippen molar-refractivity contribution in [1.82, 2.24) is 15.0 Å². The number of ether oxygens (including phenoxy) is 2. The van der Waals surface area contributed by atoms with Gasteiger partial charge in [0.2, 0.25) is 5.95 Å². The Labute approximate surface area is 233 Å². The lowest BCUT2D eigenvalue weighted by Crippen LogP contribution is -2.59. The molecular weight excluding hydrogens is 500 g/mol. The molecule has 0 saturated heterocycles. The van der Waals surface area contributed by atoms with Crippen molar-refractivity contribution in [3.63, 3.8) is 0 Å². The fourth-order valence-corrected chi connectivity index (χ4v) is 7.12. The van der Waals surface area contributed by atoms with E-state index in [1.807, 2.05) is 20.8 Å². The van der Waals surface area contributed by atoms with E-state index in [1.54, 1.807) is 0 Å². The van der Waals surface area contributed by atoms with Crippen molar-refractivity contribution in [2.45, 2.75) is 131 Å². The predicted octanol–water partition coefficient (Wildman–Crippen LogP) is 7.13. The third kappa shape index (κ3) is 14.1. The quantitative estimate of drug-likeness (QED) is 0.0944. The molecule has 1 unspecified atom stereocenters. The Morgan fingerprint density at radius 1 is 0.579 bits per heavy atom. The highest BCUT2D eigenvalue weighted by atomic mass is 28.4. The molecule has 0 fully saturated rings. The lowest BCUT2D eigenvalue weighted by molar-refractivity contribution is 0.0638. The smallest absolute Gasteiger partial charge is 0.463 e. The van der Waals surface area contributed by atoms with Crippen LogP contribution < -0.4 is 14.8 Å². The zero-order valence-electron chi connectivity index (χ0n) is 25.2. The van der Waals surface area contributed by atoms with Gasteiger partial charge in [-0.1, -0.05) is 85.0 Å². The first-order chi connectivity index (χ1) is 18.6. The molecular formula is C28H56N4O5Si. The van der Waals surface area contributed by atoms with E-state index in [9.17, 15) is 0 Å². The van der Waals surface area contributed by atoms with Gasteiger partial charge in [-0.3, -0.25) is 0 Å². The van der Waals surface area contributed by atoms with Gasteiger partial charge in [0.25, 0.3) is 0 Å². The molecule has 0 aliphatic rings. The van der Waals surface area contributed by atoms with Crippen LogP contribution in [0.15, 0.2) is 0 Å². The minimum absolute atomic E-state index is 0.220. The van der Waals surface area contributed by atoms with Gasteiger partial charge >= 0.3 is 20.8 Å². The van der Waals surface area contributed by atoms with Crippen LogP contribution in [0.2, 0.25) is 0 Å². The van der Waals surface area contributed by atoms with Crippen LogP contribution in [-0.2, 0) is 13.3 Å². The lowest BCUT2D eigenvalue weighted by Gasteiger charge is -2.35. The molecule has 1 atom stereocenters. The van der Waals surface area contributed by atoms with Crippen LogP contribution in [0.3, 0.4) is 0 Å². The fraction of sp³-hybridized carbons (Fsp3) is 0.893. The summed E-state index contributed by atoms with van der Waals surface area (Å²) in [6.45, 7) is 15.0. The van der Waals surface area contributed by atoms with Gasteiger partial charge in [0.05, 0.1) is 18.9 Å².